The third-order valence-corrected chi connectivity index (χ3v) is 1.63. The first-order valence-electron chi connectivity index (χ1n) is 3.38. The first-order valence-corrected chi connectivity index (χ1v) is 3.38. The van der Waals surface area contributed by atoms with Gasteiger partial charge in [0.2, 0.25) is 0 Å². The Bertz CT molecular complexity index is 134. The normalized spacial score (nSPS) is 25.0. The second-order valence-corrected chi connectivity index (χ2v) is 2.31. The molecule has 58 valence electrons. The number of rotatable bonds is 2. The fourth-order valence-corrected chi connectivity index (χ4v) is 0.924. The van der Waals surface area contributed by atoms with E-state index in [2.05, 4.69) is 5.32 Å². The van der Waals surface area contributed by atoms with E-state index in [9.17, 15) is 0 Å². The molecule has 0 saturated heterocycles. The van der Waals surface area contributed by atoms with Crippen molar-refractivity contribution in [2.24, 2.45) is 0 Å². The molecule has 0 spiro atoms. The van der Waals surface area contributed by atoms with Crippen molar-refractivity contribution in [1.29, 1.82) is 0 Å². The molecule has 1 atom stereocenters. The van der Waals surface area contributed by atoms with E-state index in [1.54, 1.807) is 13.4 Å². The lowest BCUT2D eigenvalue weighted by molar-refractivity contribution is 0.142. The lowest BCUT2D eigenvalue weighted by Crippen LogP contribution is -2.32. The lowest BCUT2D eigenvalue weighted by atomic mass is 10.2. The number of methoxy groups -OCH3 is 1. The Kier molecular flexibility index (Phi) is 2.57. The van der Waals surface area contributed by atoms with Crippen LogP contribution >= 0.6 is 0 Å². The maximum Gasteiger partial charge on any atom is 0.132 e. The van der Waals surface area contributed by atoms with Crippen LogP contribution in [0, 0.1) is 0 Å². The number of hydrogen-bond acceptors (Lipinski definition) is 3. The standard InChI is InChI=1S/C7H13NO2/c1-8-6-3-7(9-2)5-10-4-6/h5-6,8H,3-4H2,1-2H3. The fraction of sp³-hybridized carbons (Fsp3) is 0.714. The summed E-state index contributed by atoms with van der Waals surface area (Å²) < 4.78 is 10.1. The van der Waals surface area contributed by atoms with Crippen LogP contribution in [0.1, 0.15) is 6.42 Å². The molecule has 0 aromatic carbocycles. The van der Waals surface area contributed by atoms with E-state index < -0.39 is 0 Å². The van der Waals surface area contributed by atoms with Crippen molar-refractivity contribution < 1.29 is 9.47 Å². The van der Waals surface area contributed by atoms with Gasteiger partial charge in [0, 0.05) is 12.5 Å². The van der Waals surface area contributed by atoms with Gasteiger partial charge in [0.05, 0.1) is 7.11 Å². The third kappa shape index (κ3) is 1.64. The third-order valence-electron chi connectivity index (χ3n) is 1.63. The number of hydrogen-bond donors (Lipinski definition) is 1. The second kappa shape index (κ2) is 3.46. The monoisotopic (exact) mass is 143 g/mol. The molecule has 1 rings (SSSR count). The van der Waals surface area contributed by atoms with Crippen molar-refractivity contribution in [3.63, 3.8) is 0 Å². The zero-order valence-corrected chi connectivity index (χ0v) is 6.39. The molecule has 0 bridgehead atoms. The van der Waals surface area contributed by atoms with Gasteiger partial charge in [0.15, 0.2) is 0 Å². The summed E-state index contributed by atoms with van der Waals surface area (Å²) in [6.45, 7) is 0.739. The van der Waals surface area contributed by atoms with Gasteiger partial charge in [-0.15, -0.1) is 0 Å². The van der Waals surface area contributed by atoms with Crippen molar-refractivity contribution in [2.45, 2.75) is 12.5 Å². The maximum atomic E-state index is 5.13. The summed E-state index contributed by atoms with van der Waals surface area (Å²) in [5.41, 5.74) is 0. The highest BCUT2D eigenvalue weighted by atomic mass is 16.5. The molecule has 1 aliphatic rings. The lowest BCUT2D eigenvalue weighted by Gasteiger charge is -2.21. The van der Waals surface area contributed by atoms with Crippen molar-refractivity contribution in [3.8, 4) is 0 Å². The Balaban J connectivity index is 2.40. The average Bonchev–Trinajstić information content (AvgIpc) is 2.05. The number of likely N-dealkylation sites (N-methyl/N-ethyl adjacent to an activating group) is 1. The van der Waals surface area contributed by atoms with Gasteiger partial charge in [-0.1, -0.05) is 0 Å². The minimum atomic E-state index is 0.403. The van der Waals surface area contributed by atoms with Gasteiger partial charge in [0.25, 0.3) is 0 Å². The van der Waals surface area contributed by atoms with Gasteiger partial charge in [0.1, 0.15) is 18.6 Å². The summed E-state index contributed by atoms with van der Waals surface area (Å²) in [4.78, 5) is 0. The molecule has 3 heteroatoms. The van der Waals surface area contributed by atoms with Crippen LogP contribution in [0.5, 0.6) is 0 Å². The minimum absolute atomic E-state index is 0.403. The van der Waals surface area contributed by atoms with Crippen molar-refractivity contribution in [3.05, 3.63) is 12.0 Å². The largest absolute Gasteiger partial charge is 0.498 e. The van der Waals surface area contributed by atoms with Crippen LogP contribution in [0.3, 0.4) is 0 Å². The molecule has 0 amide bonds. The molecule has 1 unspecified atom stereocenters. The van der Waals surface area contributed by atoms with Gasteiger partial charge in [-0.25, -0.2) is 0 Å². The highest BCUT2D eigenvalue weighted by molar-refractivity contribution is 4.95. The van der Waals surface area contributed by atoms with Gasteiger partial charge >= 0.3 is 0 Å². The maximum absolute atomic E-state index is 5.13. The number of ether oxygens (including phenoxy) is 2. The Morgan fingerprint density at radius 1 is 1.80 bits per heavy atom. The molecule has 0 radical (unpaired) electrons. The van der Waals surface area contributed by atoms with Gasteiger partial charge in [-0.2, -0.15) is 0 Å². The van der Waals surface area contributed by atoms with E-state index in [0.29, 0.717) is 6.04 Å². The van der Waals surface area contributed by atoms with Crippen molar-refractivity contribution in [1.82, 2.24) is 5.32 Å². The van der Waals surface area contributed by atoms with Crippen LogP contribution in [-0.4, -0.2) is 26.8 Å². The first-order chi connectivity index (χ1) is 4.86. The smallest absolute Gasteiger partial charge is 0.132 e. The Morgan fingerprint density at radius 2 is 2.60 bits per heavy atom. The molecular formula is C7H13NO2. The van der Waals surface area contributed by atoms with E-state index in [-0.39, 0.29) is 0 Å². The predicted octanol–water partition coefficient (Wildman–Crippen LogP) is 0.482. The minimum Gasteiger partial charge on any atom is -0.498 e. The molecule has 0 aromatic rings. The summed E-state index contributed by atoms with van der Waals surface area (Å²) in [6, 6.07) is 0.403. The topological polar surface area (TPSA) is 30.5 Å². The quantitative estimate of drug-likeness (QED) is 0.610. The zero-order chi connectivity index (χ0) is 7.40. The summed E-state index contributed by atoms with van der Waals surface area (Å²) in [7, 11) is 3.58. The summed E-state index contributed by atoms with van der Waals surface area (Å²) >= 11 is 0. The molecular weight excluding hydrogens is 130 g/mol. The van der Waals surface area contributed by atoms with Crippen molar-refractivity contribution >= 4 is 0 Å². The Labute approximate surface area is 61.0 Å². The first kappa shape index (κ1) is 7.41. The molecule has 10 heavy (non-hydrogen) atoms. The Morgan fingerprint density at radius 3 is 3.20 bits per heavy atom. The number of nitrogens with one attached hydrogen (secondary N) is 1. The second-order valence-electron chi connectivity index (χ2n) is 2.31. The molecule has 1 heterocycles. The van der Waals surface area contributed by atoms with Crippen LogP contribution in [0.25, 0.3) is 0 Å². The molecule has 0 saturated carbocycles. The van der Waals surface area contributed by atoms with Crippen molar-refractivity contribution in [2.75, 3.05) is 20.8 Å². The SMILES string of the molecule is CNC1COC=C(OC)C1. The van der Waals surface area contributed by atoms with Gasteiger partial charge < -0.3 is 14.8 Å². The highest BCUT2D eigenvalue weighted by Crippen LogP contribution is 2.11. The molecule has 0 aromatic heterocycles. The molecule has 3 nitrogen and oxygen atoms in total. The Hall–Kier alpha value is -0.700. The molecule has 1 N–H and O–H groups in total. The predicted molar refractivity (Wildman–Crippen MR) is 38.5 cm³/mol. The molecule has 1 aliphatic heterocycles. The van der Waals surface area contributed by atoms with E-state index in [1.807, 2.05) is 7.05 Å². The van der Waals surface area contributed by atoms with Gasteiger partial charge in [-0.3, -0.25) is 0 Å². The van der Waals surface area contributed by atoms with Crippen LogP contribution in [0.15, 0.2) is 12.0 Å². The zero-order valence-electron chi connectivity index (χ0n) is 6.39. The van der Waals surface area contributed by atoms with Crippen LogP contribution in [0.4, 0.5) is 0 Å². The van der Waals surface area contributed by atoms with E-state index in [4.69, 9.17) is 9.47 Å². The summed E-state index contributed by atoms with van der Waals surface area (Å²) in [6.07, 6.45) is 2.60. The highest BCUT2D eigenvalue weighted by Gasteiger charge is 2.14. The van der Waals surface area contributed by atoms with E-state index in [1.165, 1.54) is 0 Å². The average molecular weight is 143 g/mol. The van der Waals surface area contributed by atoms with Crippen LogP contribution in [-0.2, 0) is 9.47 Å². The van der Waals surface area contributed by atoms with Gasteiger partial charge in [-0.05, 0) is 7.05 Å². The van der Waals surface area contributed by atoms with E-state index >= 15 is 0 Å². The van der Waals surface area contributed by atoms with Crippen LogP contribution in [0.2, 0.25) is 0 Å². The molecule has 0 aliphatic carbocycles. The summed E-state index contributed by atoms with van der Waals surface area (Å²) in [5.74, 6) is 0.908. The fourth-order valence-electron chi connectivity index (χ4n) is 0.924. The molecule has 0 fully saturated rings. The summed E-state index contributed by atoms with van der Waals surface area (Å²) in [5, 5.41) is 3.12. The van der Waals surface area contributed by atoms with Crippen LogP contribution < -0.4 is 5.32 Å². The van der Waals surface area contributed by atoms with E-state index in [0.717, 1.165) is 18.8 Å².